The normalized spacial score (nSPS) is 19.0. The number of hydrogen-bond donors (Lipinski definition) is 2. The van der Waals surface area contributed by atoms with Crippen molar-refractivity contribution in [1.82, 2.24) is 10.6 Å². The summed E-state index contributed by atoms with van der Waals surface area (Å²) in [5.41, 5.74) is 0. The van der Waals surface area contributed by atoms with Gasteiger partial charge in [-0.05, 0) is 33.1 Å². The van der Waals surface area contributed by atoms with E-state index in [1.54, 1.807) is 0 Å². The molecule has 0 aromatic heterocycles. The SMILES string of the molecule is CCNC(=NCCCOCC)NCCOCC1CCCO1. The number of hydrogen-bond acceptors (Lipinski definition) is 4. The molecule has 0 spiro atoms. The Labute approximate surface area is 128 Å². The summed E-state index contributed by atoms with van der Waals surface area (Å²) in [6, 6.07) is 0. The van der Waals surface area contributed by atoms with Gasteiger partial charge in [0.2, 0.25) is 0 Å². The number of rotatable bonds is 11. The van der Waals surface area contributed by atoms with Crippen molar-refractivity contribution in [2.24, 2.45) is 4.99 Å². The van der Waals surface area contributed by atoms with Gasteiger partial charge in [0.1, 0.15) is 0 Å². The van der Waals surface area contributed by atoms with E-state index in [0.29, 0.717) is 19.3 Å². The Morgan fingerprint density at radius 1 is 1.24 bits per heavy atom. The summed E-state index contributed by atoms with van der Waals surface area (Å²) in [7, 11) is 0. The molecule has 1 fully saturated rings. The molecule has 0 saturated carbocycles. The second-order valence-corrected chi connectivity index (χ2v) is 4.95. The van der Waals surface area contributed by atoms with E-state index in [2.05, 4.69) is 22.5 Å². The van der Waals surface area contributed by atoms with E-state index in [0.717, 1.165) is 64.7 Å². The van der Waals surface area contributed by atoms with Crippen LogP contribution >= 0.6 is 0 Å². The number of aliphatic imine (C=N–C) groups is 1. The van der Waals surface area contributed by atoms with Gasteiger partial charge in [-0.3, -0.25) is 4.99 Å². The maximum absolute atomic E-state index is 5.61. The molecule has 0 aromatic rings. The molecule has 1 aliphatic heterocycles. The Kier molecular flexibility index (Phi) is 11.1. The van der Waals surface area contributed by atoms with Crippen molar-refractivity contribution >= 4 is 5.96 Å². The second kappa shape index (κ2) is 12.9. The molecule has 21 heavy (non-hydrogen) atoms. The zero-order valence-electron chi connectivity index (χ0n) is 13.5. The smallest absolute Gasteiger partial charge is 0.191 e. The highest BCUT2D eigenvalue weighted by molar-refractivity contribution is 5.79. The average molecular weight is 301 g/mol. The van der Waals surface area contributed by atoms with Crippen LogP contribution in [-0.4, -0.2) is 64.7 Å². The lowest BCUT2D eigenvalue weighted by atomic mass is 10.2. The van der Waals surface area contributed by atoms with E-state index in [9.17, 15) is 0 Å². The Balaban J connectivity index is 2.04. The molecule has 0 aliphatic carbocycles. The van der Waals surface area contributed by atoms with Gasteiger partial charge in [0.25, 0.3) is 0 Å². The van der Waals surface area contributed by atoms with Crippen LogP contribution in [0.25, 0.3) is 0 Å². The van der Waals surface area contributed by atoms with Crippen molar-refractivity contribution < 1.29 is 14.2 Å². The highest BCUT2D eigenvalue weighted by Crippen LogP contribution is 2.11. The fraction of sp³-hybridized carbons (Fsp3) is 0.933. The van der Waals surface area contributed by atoms with E-state index in [4.69, 9.17) is 14.2 Å². The lowest BCUT2D eigenvalue weighted by Crippen LogP contribution is -2.39. The van der Waals surface area contributed by atoms with Crippen molar-refractivity contribution in [2.45, 2.75) is 39.2 Å². The Hall–Kier alpha value is -0.850. The summed E-state index contributed by atoms with van der Waals surface area (Å²) in [5.74, 6) is 0.842. The molecule has 2 N–H and O–H groups in total. The second-order valence-electron chi connectivity index (χ2n) is 4.95. The van der Waals surface area contributed by atoms with Gasteiger partial charge in [0.05, 0.1) is 19.3 Å². The fourth-order valence-corrected chi connectivity index (χ4v) is 2.08. The largest absolute Gasteiger partial charge is 0.382 e. The molecule has 1 unspecified atom stereocenters. The third-order valence-electron chi connectivity index (χ3n) is 3.13. The maximum atomic E-state index is 5.61. The van der Waals surface area contributed by atoms with Gasteiger partial charge in [0.15, 0.2) is 5.96 Å². The van der Waals surface area contributed by atoms with Crippen LogP contribution in [-0.2, 0) is 14.2 Å². The van der Waals surface area contributed by atoms with Gasteiger partial charge in [-0.15, -0.1) is 0 Å². The van der Waals surface area contributed by atoms with Crippen LogP contribution in [0.15, 0.2) is 4.99 Å². The van der Waals surface area contributed by atoms with Gasteiger partial charge in [0, 0.05) is 39.5 Å². The first kappa shape index (κ1) is 18.2. The summed E-state index contributed by atoms with van der Waals surface area (Å²) in [6.45, 7) is 10.2. The highest BCUT2D eigenvalue weighted by atomic mass is 16.5. The van der Waals surface area contributed by atoms with E-state index in [-0.39, 0.29) is 0 Å². The minimum absolute atomic E-state index is 0.297. The predicted octanol–water partition coefficient (Wildman–Crippen LogP) is 1.16. The summed E-state index contributed by atoms with van der Waals surface area (Å²) < 4.78 is 16.4. The van der Waals surface area contributed by atoms with Crippen molar-refractivity contribution in [3.63, 3.8) is 0 Å². The molecule has 1 atom stereocenters. The number of ether oxygens (including phenoxy) is 3. The molecule has 1 heterocycles. The monoisotopic (exact) mass is 301 g/mol. The van der Waals surface area contributed by atoms with Gasteiger partial charge >= 0.3 is 0 Å². The first-order valence-electron chi connectivity index (χ1n) is 8.16. The van der Waals surface area contributed by atoms with E-state index < -0.39 is 0 Å². The summed E-state index contributed by atoms with van der Waals surface area (Å²) in [4.78, 5) is 4.49. The molecule has 1 aliphatic rings. The topological polar surface area (TPSA) is 64.1 Å². The fourth-order valence-electron chi connectivity index (χ4n) is 2.08. The van der Waals surface area contributed by atoms with Crippen molar-refractivity contribution in [3.8, 4) is 0 Å². The molecule has 0 aromatic carbocycles. The van der Waals surface area contributed by atoms with Gasteiger partial charge in [-0.1, -0.05) is 0 Å². The summed E-state index contributed by atoms with van der Waals surface area (Å²) >= 11 is 0. The van der Waals surface area contributed by atoms with Gasteiger partial charge in [-0.25, -0.2) is 0 Å². The third-order valence-corrected chi connectivity index (χ3v) is 3.13. The van der Waals surface area contributed by atoms with Crippen molar-refractivity contribution in [3.05, 3.63) is 0 Å². The predicted molar refractivity (Wildman–Crippen MR) is 84.9 cm³/mol. The zero-order valence-corrected chi connectivity index (χ0v) is 13.5. The first-order valence-corrected chi connectivity index (χ1v) is 8.16. The summed E-state index contributed by atoms with van der Waals surface area (Å²) in [5, 5.41) is 6.49. The number of nitrogens with one attached hydrogen (secondary N) is 2. The average Bonchev–Trinajstić information content (AvgIpc) is 3.00. The molecule has 6 heteroatoms. The van der Waals surface area contributed by atoms with E-state index in [1.807, 2.05) is 6.92 Å². The third kappa shape index (κ3) is 9.66. The van der Waals surface area contributed by atoms with Crippen LogP contribution < -0.4 is 10.6 Å². The summed E-state index contributed by atoms with van der Waals surface area (Å²) in [6.07, 6.45) is 3.52. The van der Waals surface area contributed by atoms with Crippen molar-refractivity contribution in [2.75, 3.05) is 52.7 Å². The van der Waals surface area contributed by atoms with Crippen LogP contribution in [0, 0.1) is 0 Å². The van der Waals surface area contributed by atoms with Crippen LogP contribution in [0.5, 0.6) is 0 Å². The highest BCUT2D eigenvalue weighted by Gasteiger charge is 2.14. The van der Waals surface area contributed by atoms with Crippen LogP contribution in [0.3, 0.4) is 0 Å². The standard InChI is InChI=1S/C15H31N3O3/c1-3-16-15(17-8-6-10-19-4-2)18-9-12-20-13-14-7-5-11-21-14/h14H,3-13H2,1-2H3,(H2,16,17,18). The van der Waals surface area contributed by atoms with E-state index >= 15 is 0 Å². The van der Waals surface area contributed by atoms with Gasteiger partial charge in [-0.2, -0.15) is 0 Å². The molecule has 124 valence electrons. The quantitative estimate of drug-likeness (QED) is 0.341. The molecule has 1 saturated heterocycles. The van der Waals surface area contributed by atoms with E-state index in [1.165, 1.54) is 0 Å². The minimum atomic E-state index is 0.297. The number of guanidine groups is 1. The van der Waals surface area contributed by atoms with Crippen LogP contribution in [0.2, 0.25) is 0 Å². The molecule has 1 rings (SSSR count). The Morgan fingerprint density at radius 2 is 2.14 bits per heavy atom. The molecule has 6 nitrogen and oxygen atoms in total. The lowest BCUT2D eigenvalue weighted by molar-refractivity contribution is 0.0191. The Bertz CT molecular complexity index is 269. The zero-order chi connectivity index (χ0) is 15.2. The Morgan fingerprint density at radius 3 is 2.86 bits per heavy atom. The van der Waals surface area contributed by atoms with Crippen molar-refractivity contribution in [1.29, 1.82) is 0 Å². The van der Waals surface area contributed by atoms with Crippen LogP contribution in [0.4, 0.5) is 0 Å². The molecule has 0 amide bonds. The lowest BCUT2D eigenvalue weighted by Gasteiger charge is -2.13. The maximum Gasteiger partial charge on any atom is 0.191 e. The molecule has 0 bridgehead atoms. The van der Waals surface area contributed by atoms with Gasteiger partial charge < -0.3 is 24.8 Å². The number of nitrogens with zero attached hydrogens (tertiary/aromatic N) is 1. The van der Waals surface area contributed by atoms with Crippen LogP contribution in [0.1, 0.15) is 33.1 Å². The first-order chi connectivity index (χ1) is 10.4. The molecular formula is C15H31N3O3. The molecular weight excluding hydrogens is 270 g/mol. The minimum Gasteiger partial charge on any atom is -0.382 e. The molecule has 0 radical (unpaired) electrons.